The smallest absolute Gasteiger partial charge is 0.254 e. The fourth-order valence-electron chi connectivity index (χ4n) is 3.15. The highest BCUT2D eigenvalue weighted by molar-refractivity contribution is 5.95. The van der Waals surface area contributed by atoms with E-state index in [9.17, 15) is 4.79 Å². The number of ether oxygens (including phenoxy) is 1. The van der Waals surface area contributed by atoms with E-state index in [-0.39, 0.29) is 12.0 Å². The number of nitrogens with zero attached hydrogens (tertiary/aromatic N) is 2. The Hall–Kier alpha value is -2.33. The van der Waals surface area contributed by atoms with Crippen molar-refractivity contribution in [2.75, 3.05) is 38.7 Å². The van der Waals surface area contributed by atoms with Crippen molar-refractivity contribution in [3.63, 3.8) is 0 Å². The number of anilines is 1. The lowest BCUT2D eigenvalue weighted by Gasteiger charge is -2.33. The molecule has 2 aromatic rings. The van der Waals surface area contributed by atoms with Gasteiger partial charge in [0.05, 0.1) is 12.7 Å². The van der Waals surface area contributed by atoms with Crippen molar-refractivity contribution in [1.29, 1.82) is 0 Å². The minimum atomic E-state index is 0.0942. The molecule has 0 radical (unpaired) electrons. The molecule has 25 heavy (non-hydrogen) atoms. The van der Waals surface area contributed by atoms with Crippen LogP contribution >= 0.6 is 0 Å². The number of carbonyl (C=O) groups excluding carboxylic acids is 1. The van der Waals surface area contributed by atoms with Gasteiger partial charge in [0.1, 0.15) is 0 Å². The zero-order valence-corrected chi connectivity index (χ0v) is 15.0. The van der Waals surface area contributed by atoms with Crippen molar-refractivity contribution in [2.45, 2.75) is 18.9 Å². The molecule has 0 bridgehead atoms. The molecule has 132 valence electrons. The first-order chi connectivity index (χ1) is 12.1. The summed E-state index contributed by atoms with van der Waals surface area (Å²) in [6.45, 7) is 1.93. The Bertz CT molecular complexity index is 700. The van der Waals surface area contributed by atoms with Crippen LogP contribution in [0.1, 0.15) is 22.3 Å². The van der Waals surface area contributed by atoms with Crippen molar-refractivity contribution < 1.29 is 9.53 Å². The summed E-state index contributed by atoms with van der Waals surface area (Å²) in [5.41, 5.74) is 3.10. The van der Waals surface area contributed by atoms with Gasteiger partial charge in [0.2, 0.25) is 0 Å². The SMILES string of the molecule is CN(C)c1cccc(C(=O)N2CCO[C@@H](CCc3ccccc3)C2)c1. The molecule has 1 fully saturated rings. The second kappa shape index (κ2) is 8.17. The van der Waals surface area contributed by atoms with Gasteiger partial charge in [0.25, 0.3) is 5.91 Å². The largest absolute Gasteiger partial charge is 0.378 e. The number of aryl methyl sites for hydroxylation is 1. The van der Waals surface area contributed by atoms with Gasteiger partial charge in [-0.1, -0.05) is 36.4 Å². The Morgan fingerprint density at radius 2 is 1.96 bits per heavy atom. The van der Waals surface area contributed by atoms with Crippen LogP contribution in [0.5, 0.6) is 0 Å². The Labute approximate surface area is 150 Å². The van der Waals surface area contributed by atoms with E-state index in [2.05, 4.69) is 24.3 Å². The Kier molecular flexibility index (Phi) is 5.71. The quantitative estimate of drug-likeness (QED) is 0.839. The van der Waals surface area contributed by atoms with Crippen LogP contribution in [-0.2, 0) is 11.2 Å². The van der Waals surface area contributed by atoms with Gasteiger partial charge in [-0.3, -0.25) is 4.79 Å². The molecule has 3 rings (SSSR count). The number of hydrogen-bond acceptors (Lipinski definition) is 3. The molecule has 0 N–H and O–H groups in total. The average molecular weight is 338 g/mol. The topological polar surface area (TPSA) is 32.8 Å². The molecule has 0 unspecified atom stereocenters. The maximum absolute atomic E-state index is 12.8. The normalized spacial score (nSPS) is 17.4. The lowest BCUT2D eigenvalue weighted by Crippen LogP contribution is -2.45. The highest BCUT2D eigenvalue weighted by Crippen LogP contribution is 2.18. The Morgan fingerprint density at radius 1 is 1.16 bits per heavy atom. The van der Waals surface area contributed by atoms with E-state index < -0.39 is 0 Å². The molecule has 0 spiro atoms. The molecule has 4 nitrogen and oxygen atoms in total. The van der Waals surface area contributed by atoms with Gasteiger partial charge in [-0.05, 0) is 36.6 Å². The van der Waals surface area contributed by atoms with Crippen LogP contribution in [0.25, 0.3) is 0 Å². The van der Waals surface area contributed by atoms with E-state index in [1.165, 1.54) is 5.56 Å². The number of carbonyl (C=O) groups is 1. The summed E-state index contributed by atoms with van der Waals surface area (Å²) in [7, 11) is 3.97. The van der Waals surface area contributed by atoms with Gasteiger partial charge < -0.3 is 14.5 Å². The third-order valence-corrected chi connectivity index (χ3v) is 4.63. The summed E-state index contributed by atoms with van der Waals surface area (Å²) >= 11 is 0. The van der Waals surface area contributed by atoms with Crippen LogP contribution in [0.3, 0.4) is 0 Å². The van der Waals surface area contributed by atoms with Crippen LogP contribution < -0.4 is 4.90 Å². The van der Waals surface area contributed by atoms with Gasteiger partial charge >= 0.3 is 0 Å². The third kappa shape index (κ3) is 4.60. The van der Waals surface area contributed by atoms with Crippen LogP contribution in [0.15, 0.2) is 54.6 Å². The van der Waals surface area contributed by atoms with Crippen molar-refractivity contribution in [1.82, 2.24) is 4.90 Å². The molecule has 0 aliphatic carbocycles. The number of morpholine rings is 1. The van der Waals surface area contributed by atoms with Crippen LogP contribution in [0.2, 0.25) is 0 Å². The van der Waals surface area contributed by atoms with Gasteiger partial charge in [0.15, 0.2) is 0 Å². The molecule has 0 aromatic heterocycles. The molecule has 1 heterocycles. The van der Waals surface area contributed by atoms with E-state index in [0.29, 0.717) is 19.7 Å². The maximum Gasteiger partial charge on any atom is 0.254 e. The molecule has 1 amide bonds. The molecular weight excluding hydrogens is 312 g/mol. The van der Waals surface area contributed by atoms with Crippen molar-refractivity contribution in [3.05, 3.63) is 65.7 Å². The number of benzene rings is 2. The van der Waals surface area contributed by atoms with Gasteiger partial charge in [-0.25, -0.2) is 0 Å². The zero-order valence-electron chi connectivity index (χ0n) is 15.0. The van der Waals surface area contributed by atoms with Crippen LogP contribution in [0.4, 0.5) is 5.69 Å². The monoisotopic (exact) mass is 338 g/mol. The van der Waals surface area contributed by atoms with E-state index >= 15 is 0 Å². The zero-order chi connectivity index (χ0) is 17.6. The molecular formula is C21H26N2O2. The predicted octanol–water partition coefficient (Wildman–Crippen LogP) is 3.23. The molecule has 1 saturated heterocycles. The Morgan fingerprint density at radius 3 is 2.72 bits per heavy atom. The van der Waals surface area contributed by atoms with Crippen molar-refractivity contribution >= 4 is 11.6 Å². The summed E-state index contributed by atoms with van der Waals surface area (Å²) in [4.78, 5) is 16.8. The minimum Gasteiger partial charge on any atom is -0.378 e. The van der Waals surface area contributed by atoms with Crippen molar-refractivity contribution in [2.24, 2.45) is 0 Å². The van der Waals surface area contributed by atoms with E-state index in [4.69, 9.17) is 4.74 Å². The van der Waals surface area contributed by atoms with Gasteiger partial charge in [-0.2, -0.15) is 0 Å². The first kappa shape index (κ1) is 17.5. The lowest BCUT2D eigenvalue weighted by atomic mass is 10.1. The standard InChI is InChI=1S/C21H26N2O2/c1-22(2)19-10-6-9-18(15-19)21(24)23-13-14-25-20(16-23)12-11-17-7-4-3-5-8-17/h3-10,15,20H,11-14,16H2,1-2H3/t20-/m0/s1. The molecule has 1 atom stereocenters. The first-order valence-electron chi connectivity index (χ1n) is 8.85. The predicted molar refractivity (Wildman–Crippen MR) is 101 cm³/mol. The van der Waals surface area contributed by atoms with Crippen LogP contribution in [0, 0.1) is 0 Å². The highest BCUT2D eigenvalue weighted by Gasteiger charge is 2.25. The summed E-state index contributed by atoms with van der Waals surface area (Å²) in [5.74, 6) is 0.0942. The minimum absolute atomic E-state index is 0.0942. The number of amides is 1. The first-order valence-corrected chi connectivity index (χ1v) is 8.85. The molecule has 4 heteroatoms. The van der Waals surface area contributed by atoms with Gasteiger partial charge in [0, 0.05) is 38.4 Å². The van der Waals surface area contributed by atoms with Gasteiger partial charge in [-0.15, -0.1) is 0 Å². The maximum atomic E-state index is 12.8. The molecule has 2 aromatic carbocycles. The highest BCUT2D eigenvalue weighted by atomic mass is 16.5. The molecule has 1 aliphatic heterocycles. The summed E-state index contributed by atoms with van der Waals surface area (Å²) in [6.07, 6.45) is 2.02. The number of hydrogen-bond donors (Lipinski definition) is 0. The summed E-state index contributed by atoms with van der Waals surface area (Å²) in [6, 6.07) is 18.2. The number of rotatable bonds is 5. The second-order valence-electron chi connectivity index (χ2n) is 6.71. The second-order valence-corrected chi connectivity index (χ2v) is 6.71. The molecule has 0 saturated carbocycles. The fourth-order valence-corrected chi connectivity index (χ4v) is 3.15. The van der Waals surface area contributed by atoms with E-state index in [0.717, 1.165) is 24.1 Å². The van der Waals surface area contributed by atoms with Crippen molar-refractivity contribution in [3.8, 4) is 0 Å². The summed E-state index contributed by atoms with van der Waals surface area (Å²) in [5, 5.41) is 0. The van der Waals surface area contributed by atoms with Crippen LogP contribution in [-0.4, -0.2) is 50.7 Å². The lowest BCUT2D eigenvalue weighted by molar-refractivity contribution is -0.0246. The van der Waals surface area contributed by atoms with E-state index in [1.54, 1.807) is 0 Å². The third-order valence-electron chi connectivity index (χ3n) is 4.63. The average Bonchev–Trinajstić information content (AvgIpc) is 2.67. The fraction of sp³-hybridized carbons (Fsp3) is 0.381. The summed E-state index contributed by atoms with van der Waals surface area (Å²) < 4.78 is 5.88. The van der Waals surface area contributed by atoms with E-state index in [1.807, 2.05) is 54.2 Å². The molecule has 1 aliphatic rings. The Balaban J connectivity index is 1.60.